The smallest absolute Gasteiger partial charge is 0.251 e. The summed E-state index contributed by atoms with van der Waals surface area (Å²) in [5.74, 6) is -0.447. The quantitative estimate of drug-likeness (QED) is 0.732. The lowest BCUT2D eigenvalue weighted by Crippen LogP contribution is -2.25. The van der Waals surface area contributed by atoms with Crippen molar-refractivity contribution in [1.82, 2.24) is 5.32 Å². The molecular weight excluding hydrogens is 231 g/mol. The third-order valence-corrected chi connectivity index (χ3v) is 2.85. The van der Waals surface area contributed by atoms with Gasteiger partial charge in [0.25, 0.3) is 5.91 Å². The van der Waals surface area contributed by atoms with Gasteiger partial charge >= 0.3 is 0 Å². The van der Waals surface area contributed by atoms with Crippen LogP contribution in [-0.4, -0.2) is 19.0 Å². The maximum absolute atomic E-state index is 12.9. The van der Waals surface area contributed by atoms with Crippen LogP contribution in [0.1, 0.15) is 41.6 Å². The Kier molecular flexibility index (Phi) is 6.36. The largest absolute Gasteiger partial charge is 0.352 e. The van der Waals surface area contributed by atoms with Gasteiger partial charge in [-0.3, -0.25) is 4.79 Å². The molecule has 0 radical (unpaired) electrons. The summed E-state index contributed by atoms with van der Waals surface area (Å²) < 4.78 is 12.9. The van der Waals surface area contributed by atoms with Crippen LogP contribution in [0.4, 0.5) is 4.39 Å². The highest BCUT2D eigenvalue weighted by Gasteiger charge is 2.08. The molecule has 0 bridgehead atoms. The molecule has 0 aliphatic rings. The Bertz CT molecular complexity index is 393. The van der Waals surface area contributed by atoms with Gasteiger partial charge < -0.3 is 11.1 Å². The molecule has 1 amide bonds. The minimum Gasteiger partial charge on any atom is -0.352 e. The van der Waals surface area contributed by atoms with Gasteiger partial charge in [0.05, 0.1) is 0 Å². The van der Waals surface area contributed by atoms with Gasteiger partial charge in [-0.05, 0) is 50.1 Å². The van der Waals surface area contributed by atoms with Crippen molar-refractivity contribution in [3.8, 4) is 0 Å². The standard InChI is InChI=1S/C14H21FN2O/c1-11-10-12(15)6-7-13(11)14(18)17-9-5-3-2-4-8-16/h6-7,10H,2-5,8-9,16H2,1H3,(H,17,18). The second-order valence-corrected chi connectivity index (χ2v) is 4.42. The van der Waals surface area contributed by atoms with Crippen LogP contribution in [0, 0.1) is 12.7 Å². The van der Waals surface area contributed by atoms with Gasteiger partial charge in [-0.25, -0.2) is 4.39 Å². The first-order valence-corrected chi connectivity index (χ1v) is 6.39. The average Bonchev–Trinajstić information content (AvgIpc) is 2.33. The maximum atomic E-state index is 12.9. The molecule has 0 saturated carbocycles. The second kappa shape index (κ2) is 7.82. The van der Waals surface area contributed by atoms with E-state index in [9.17, 15) is 9.18 Å². The SMILES string of the molecule is Cc1cc(F)ccc1C(=O)NCCCCCCN. The van der Waals surface area contributed by atoms with E-state index in [2.05, 4.69) is 5.32 Å². The Morgan fingerprint density at radius 2 is 2.00 bits per heavy atom. The third-order valence-electron chi connectivity index (χ3n) is 2.85. The lowest BCUT2D eigenvalue weighted by atomic mass is 10.1. The minimum atomic E-state index is -0.314. The fraction of sp³-hybridized carbons (Fsp3) is 0.500. The Hall–Kier alpha value is -1.42. The molecule has 0 aromatic heterocycles. The van der Waals surface area contributed by atoms with Gasteiger partial charge in [-0.1, -0.05) is 12.8 Å². The molecule has 0 unspecified atom stereocenters. The fourth-order valence-corrected chi connectivity index (χ4v) is 1.80. The van der Waals surface area contributed by atoms with Crippen molar-refractivity contribution in [3.05, 3.63) is 35.1 Å². The minimum absolute atomic E-state index is 0.133. The summed E-state index contributed by atoms with van der Waals surface area (Å²) >= 11 is 0. The molecule has 1 rings (SSSR count). The van der Waals surface area contributed by atoms with E-state index in [4.69, 9.17) is 5.73 Å². The summed E-state index contributed by atoms with van der Waals surface area (Å²) in [4.78, 5) is 11.8. The molecule has 3 N–H and O–H groups in total. The summed E-state index contributed by atoms with van der Waals surface area (Å²) in [5, 5.41) is 2.84. The van der Waals surface area contributed by atoms with Gasteiger partial charge in [0.15, 0.2) is 0 Å². The van der Waals surface area contributed by atoms with Crippen molar-refractivity contribution in [2.45, 2.75) is 32.6 Å². The van der Waals surface area contributed by atoms with Crippen molar-refractivity contribution in [3.63, 3.8) is 0 Å². The van der Waals surface area contributed by atoms with E-state index >= 15 is 0 Å². The molecule has 1 aromatic carbocycles. The monoisotopic (exact) mass is 252 g/mol. The average molecular weight is 252 g/mol. The highest BCUT2D eigenvalue weighted by atomic mass is 19.1. The zero-order valence-electron chi connectivity index (χ0n) is 10.8. The second-order valence-electron chi connectivity index (χ2n) is 4.42. The number of unbranched alkanes of at least 4 members (excludes halogenated alkanes) is 3. The van der Waals surface area contributed by atoms with Crippen molar-refractivity contribution in [2.75, 3.05) is 13.1 Å². The number of halogens is 1. The maximum Gasteiger partial charge on any atom is 0.251 e. The number of nitrogens with two attached hydrogens (primary N) is 1. The van der Waals surface area contributed by atoms with Crippen LogP contribution in [0.15, 0.2) is 18.2 Å². The van der Waals surface area contributed by atoms with E-state index in [0.29, 0.717) is 17.7 Å². The first-order chi connectivity index (χ1) is 8.65. The third kappa shape index (κ3) is 4.84. The number of aryl methyl sites for hydroxylation is 1. The van der Waals surface area contributed by atoms with E-state index in [0.717, 1.165) is 32.2 Å². The first-order valence-electron chi connectivity index (χ1n) is 6.39. The molecule has 0 atom stereocenters. The lowest BCUT2D eigenvalue weighted by molar-refractivity contribution is 0.0952. The topological polar surface area (TPSA) is 55.1 Å². The van der Waals surface area contributed by atoms with Crippen LogP contribution >= 0.6 is 0 Å². The van der Waals surface area contributed by atoms with Gasteiger partial charge in [-0.2, -0.15) is 0 Å². The van der Waals surface area contributed by atoms with E-state index in [1.807, 2.05) is 0 Å². The number of rotatable bonds is 7. The number of carbonyl (C=O) groups excluding carboxylic acids is 1. The molecule has 100 valence electrons. The molecular formula is C14H21FN2O. The molecule has 0 heterocycles. The number of carbonyl (C=O) groups is 1. The summed E-state index contributed by atoms with van der Waals surface area (Å²) in [6.07, 6.45) is 4.15. The normalized spacial score (nSPS) is 10.4. The number of amides is 1. The Labute approximate surface area is 108 Å². The number of benzene rings is 1. The molecule has 0 saturated heterocycles. The van der Waals surface area contributed by atoms with Gasteiger partial charge in [-0.15, -0.1) is 0 Å². The molecule has 18 heavy (non-hydrogen) atoms. The summed E-state index contributed by atoms with van der Waals surface area (Å²) in [7, 11) is 0. The highest BCUT2D eigenvalue weighted by molar-refractivity contribution is 5.95. The predicted octanol–water partition coefficient (Wildman–Crippen LogP) is 2.38. The van der Waals surface area contributed by atoms with Crippen LogP contribution in [0.25, 0.3) is 0 Å². The predicted molar refractivity (Wildman–Crippen MR) is 71.0 cm³/mol. The van der Waals surface area contributed by atoms with Crippen molar-refractivity contribution in [2.24, 2.45) is 5.73 Å². The molecule has 0 spiro atoms. The van der Waals surface area contributed by atoms with Crippen molar-refractivity contribution < 1.29 is 9.18 Å². The van der Waals surface area contributed by atoms with Crippen LogP contribution in [0.2, 0.25) is 0 Å². The summed E-state index contributed by atoms with van der Waals surface area (Å²) in [5.41, 5.74) is 6.60. The van der Waals surface area contributed by atoms with Crippen LogP contribution in [0.5, 0.6) is 0 Å². The lowest BCUT2D eigenvalue weighted by Gasteiger charge is -2.07. The summed E-state index contributed by atoms with van der Waals surface area (Å²) in [6, 6.07) is 4.20. The Morgan fingerprint density at radius 1 is 1.28 bits per heavy atom. The van der Waals surface area contributed by atoms with Gasteiger partial charge in [0.2, 0.25) is 0 Å². The van der Waals surface area contributed by atoms with E-state index in [-0.39, 0.29) is 11.7 Å². The van der Waals surface area contributed by atoms with Crippen LogP contribution in [0.3, 0.4) is 0 Å². The molecule has 1 aromatic rings. The van der Waals surface area contributed by atoms with E-state index < -0.39 is 0 Å². The molecule has 4 heteroatoms. The molecule has 0 aliphatic carbocycles. The van der Waals surface area contributed by atoms with Crippen LogP contribution in [-0.2, 0) is 0 Å². The molecule has 0 fully saturated rings. The molecule has 0 aliphatic heterocycles. The van der Waals surface area contributed by atoms with Crippen molar-refractivity contribution >= 4 is 5.91 Å². The highest BCUT2D eigenvalue weighted by Crippen LogP contribution is 2.09. The van der Waals surface area contributed by atoms with E-state index in [1.54, 1.807) is 6.92 Å². The number of hydrogen-bond donors (Lipinski definition) is 2. The fourth-order valence-electron chi connectivity index (χ4n) is 1.80. The molecule has 3 nitrogen and oxygen atoms in total. The van der Waals surface area contributed by atoms with E-state index in [1.165, 1.54) is 18.2 Å². The first kappa shape index (κ1) is 14.6. The van der Waals surface area contributed by atoms with Gasteiger partial charge in [0, 0.05) is 12.1 Å². The number of nitrogens with one attached hydrogen (secondary N) is 1. The summed E-state index contributed by atoms with van der Waals surface area (Å²) in [6.45, 7) is 3.11. The zero-order valence-corrected chi connectivity index (χ0v) is 10.8. The Morgan fingerprint density at radius 3 is 2.67 bits per heavy atom. The number of hydrogen-bond acceptors (Lipinski definition) is 2. The zero-order chi connectivity index (χ0) is 13.4. The van der Waals surface area contributed by atoms with Gasteiger partial charge in [0.1, 0.15) is 5.82 Å². The Balaban J connectivity index is 2.32. The van der Waals surface area contributed by atoms with Crippen LogP contribution < -0.4 is 11.1 Å². The van der Waals surface area contributed by atoms with Crippen molar-refractivity contribution in [1.29, 1.82) is 0 Å².